The van der Waals surface area contributed by atoms with Crippen LogP contribution in [0.15, 0.2) is 36.5 Å². The first-order valence-electron chi connectivity index (χ1n) is 6.72. The Balaban J connectivity index is 1.99. The molecular formula is C15H15N3O5. The van der Waals surface area contributed by atoms with E-state index in [0.717, 1.165) is 0 Å². The zero-order chi connectivity index (χ0) is 17.0. The number of anilines is 1. The number of nitro benzene ring substituents is 1. The van der Waals surface area contributed by atoms with E-state index in [1.807, 2.05) is 0 Å². The Morgan fingerprint density at radius 2 is 2.09 bits per heavy atom. The number of nitrogens with one attached hydrogen (secondary N) is 1. The Labute approximate surface area is 131 Å². The number of amides is 1. The average molecular weight is 317 g/mol. The highest BCUT2D eigenvalue weighted by atomic mass is 16.6. The van der Waals surface area contributed by atoms with Crippen molar-refractivity contribution in [2.45, 2.75) is 6.92 Å². The van der Waals surface area contributed by atoms with Crippen LogP contribution in [-0.2, 0) is 16.6 Å². The lowest BCUT2D eigenvalue weighted by molar-refractivity contribution is -0.384. The van der Waals surface area contributed by atoms with E-state index in [-0.39, 0.29) is 11.4 Å². The minimum absolute atomic E-state index is 0.0560. The standard InChI is InChI=1S/C15H15N3O5/c1-10-5-6-11(13(8-10)18(21)22)16-14(19)9-23-15(20)12-4-3-7-17(12)2/h3-8H,9H2,1-2H3,(H,16,19). The van der Waals surface area contributed by atoms with E-state index >= 15 is 0 Å². The summed E-state index contributed by atoms with van der Waals surface area (Å²) >= 11 is 0. The van der Waals surface area contributed by atoms with E-state index in [9.17, 15) is 19.7 Å². The number of ether oxygens (including phenoxy) is 1. The summed E-state index contributed by atoms with van der Waals surface area (Å²) in [5, 5.41) is 13.4. The van der Waals surface area contributed by atoms with Gasteiger partial charge in [-0.2, -0.15) is 0 Å². The molecule has 0 bridgehead atoms. The van der Waals surface area contributed by atoms with Gasteiger partial charge in [0, 0.05) is 19.3 Å². The Morgan fingerprint density at radius 3 is 2.70 bits per heavy atom. The third kappa shape index (κ3) is 3.94. The molecule has 23 heavy (non-hydrogen) atoms. The van der Waals surface area contributed by atoms with Gasteiger partial charge in [0.05, 0.1) is 4.92 Å². The van der Waals surface area contributed by atoms with E-state index in [2.05, 4.69) is 5.32 Å². The highest BCUT2D eigenvalue weighted by Gasteiger charge is 2.17. The van der Waals surface area contributed by atoms with Crippen LogP contribution >= 0.6 is 0 Å². The number of carbonyl (C=O) groups is 2. The van der Waals surface area contributed by atoms with Gasteiger partial charge in [0.15, 0.2) is 6.61 Å². The quantitative estimate of drug-likeness (QED) is 0.516. The van der Waals surface area contributed by atoms with Gasteiger partial charge in [0.1, 0.15) is 11.4 Å². The molecule has 0 atom stereocenters. The van der Waals surface area contributed by atoms with Crippen molar-refractivity contribution in [1.29, 1.82) is 0 Å². The number of rotatable bonds is 5. The molecule has 0 unspecified atom stereocenters. The van der Waals surface area contributed by atoms with Gasteiger partial charge in [0.25, 0.3) is 11.6 Å². The smallest absolute Gasteiger partial charge is 0.355 e. The van der Waals surface area contributed by atoms with Gasteiger partial charge in [-0.3, -0.25) is 14.9 Å². The summed E-state index contributed by atoms with van der Waals surface area (Å²) in [5.41, 5.74) is 0.844. The molecule has 2 rings (SSSR count). The summed E-state index contributed by atoms with van der Waals surface area (Å²) < 4.78 is 6.44. The van der Waals surface area contributed by atoms with E-state index in [4.69, 9.17) is 4.74 Å². The van der Waals surface area contributed by atoms with Gasteiger partial charge in [0.2, 0.25) is 0 Å². The normalized spacial score (nSPS) is 10.2. The maximum absolute atomic E-state index is 11.8. The number of benzene rings is 1. The molecular weight excluding hydrogens is 302 g/mol. The molecule has 1 aromatic heterocycles. The Morgan fingerprint density at radius 1 is 1.35 bits per heavy atom. The van der Waals surface area contributed by atoms with Crippen molar-refractivity contribution in [3.63, 3.8) is 0 Å². The van der Waals surface area contributed by atoms with Crippen LogP contribution in [-0.4, -0.2) is 28.0 Å². The predicted octanol–water partition coefficient (Wildman–Crippen LogP) is 2.04. The summed E-state index contributed by atoms with van der Waals surface area (Å²) in [6.45, 7) is 1.18. The molecule has 1 heterocycles. The lowest BCUT2D eigenvalue weighted by Crippen LogP contribution is -2.22. The van der Waals surface area contributed by atoms with Crippen LogP contribution in [0.1, 0.15) is 16.1 Å². The van der Waals surface area contributed by atoms with Crippen molar-refractivity contribution in [3.8, 4) is 0 Å². The SMILES string of the molecule is Cc1ccc(NC(=O)COC(=O)c2cccn2C)c([N+](=O)[O-])c1. The van der Waals surface area contributed by atoms with Gasteiger partial charge < -0.3 is 14.6 Å². The molecule has 0 aliphatic rings. The minimum Gasteiger partial charge on any atom is -0.451 e. The molecule has 8 nitrogen and oxygen atoms in total. The van der Waals surface area contributed by atoms with E-state index in [0.29, 0.717) is 11.3 Å². The van der Waals surface area contributed by atoms with Crippen LogP contribution in [0, 0.1) is 17.0 Å². The van der Waals surface area contributed by atoms with E-state index < -0.39 is 23.4 Å². The minimum atomic E-state index is -0.653. The molecule has 0 spiro atoms. The molecule has 8 heteroatoms. The molecule has 0 saturated carbocycles. The summed E-state index contributed by atoms with van der Waals surface area (Å²) in [7, 11) is 1.67. The second-order valence-electron chi connectivity index (χ2n) is 4.91. The largest absolute Gasteiger partial charge is 0.451 e. The zero-order valence-corrected chi connectivity index (χ0v) is 12.6. The van der Waals surface area contributed by atoms with Crippen LogP contribution in [0.5, 0.6) is 0 Å². The predicted molar refractivity (Wildman–Crippen MR) is 82.2 cm³/mol. The zero-order valence-electron chi connectivity index (χ0n) is 12.6. The monoisotopic (exact) mass is 317 g/mol. The lowest BCUT2D eigenvalue weighted by Gasteiger charge is -2.08. The maximum atomic E-state index is 11.8. The number of hydrogen-bond acceptors (Lipinski definition) is 5. The van der Waals surface area contributed by atoms with Gasteiger partial charge in [-0.1, -0.05) is 6.07 Å². The molecule has 0 aliphatic heterocycles. The first-order valence-corrected chi connectivity index (χ1v) is 6.72. The van der Waals surface area contributed by atoms with Crippen molar-refractivity contribution in [2.24, 2.45) is 7.05 Å². The summed E-state index contributed by atoms with van der Waals surface area (Å²) in [6, 6.07) is 7.66. The van der Waals surface area contributed by atoms with Crippen molar-refractivity contribution in [3.05, 3.63) is 57.9 Å². The van der Waals surface area contributed by atoms with Crippen molar-refractivity contribution in [2.75, 3.05) is 11.9 Å². The molecule has 1 N–H and O–H groups in total. The molecule has 0 saturated heterocycles. The Kier molecular flexibility index (Phi) is 4.75. The van der Waals surface area contributed by atoms with Crippen LogP contribution in [0.3, 0.4) is 0 Å². The third-order valence-corrected chi connectivity index (χ3v) is 3.11. The topological polar surface area (TPSA) is 103 Å². The molecule has 0 aliphatic carbocycles. The van der Waals surface area contributed by atoms with Crippen molar-refractivity contribution in [1.82, 2.24) is 4.57 Å². The lowest BCUT2D eigenvalue weighted by atomic mass is 10.2. The van der Waals surface area contributed by atoms with Gasteiger partial charge in [-0.15, -0.1) is 0 Å². The highest BCUT2D eigenvalue weighted by molar-refractivity contribution is 5.96. The first-order chi connectivity index (χ1) is 10.9. The number of aromatic nitrogens is 1. The summed E-state index contributed by atoms with van der Waals surface area (Å²) in [6.07, 6.45) is 1.67. The van der Waals surface area contributed by atoms with Gasteiger partial charge in [-0.25, -0.2) is 4.79 Å². The van der Waals surface area contributed by atoms with Crippen LogP contribution in [0.4, 0.5) is 11.4 Å². The molecule has 1 aromatic carbocycles. The van der Waals surface area contributed by atoms with Crippen LogP contribution in [0.25, 0.3) is 0 Å². The Bertz CT molecular complexity index is 766. The van der Waals surface area contributed by atoms with E-state index in [1.165, 1.54) is 12.1 Å². The number of hydrogen-bond donors (Lipinski definition) is 1. The second kappa shape index (κ2) is 6.73. The number of nitrogens with zero attached hydrogens (tertiary/aromatic N) is 2. The number of nitro groups is 1. The van der Waals surface area contributed by atoms with E-state index in [1.54, 1.807) is 42.9 Å². The molecule has 1 amide bonds. The number of esters is 1. The summed E-state index contributed by atoms with van der Waals surface area (Å²) in [4.78, 5) is 34.0. The van der Waals surface area contributed by atoms with Gasteiger partial charge in [-0.05, 0) is 30.7 Å². The number of carbonyl (C=O) groups excluding carboxylic acids is 2. The fourth-order valence-corrected chi connectivity index (χ4v) is 1.96. The molecule has 120 valence electrons. The summed E-state index contributed by atoms with van der Waals surface area (Å²) in [5.74, 6) is -1.30. The van der Waals surface area contributed by atoms with Crippen molar-refractivity contribution >= 4 is 23.3 Å². The average Bonchev–Trinajstić information content (AvgIpc) is 2.92. The van der Waals surface area contributed by atoms with Crippen LogP contribution in [0.2, 0.25) is 0 Å². The fourth-order valence-electron chi connectivity index (χ4n) is 1.96. The Hall–Kier alpha value is -3.16. The van der Waals surface area contributed by atoms with Crippen LogP contribution < -0.4 is 5.32 Å². The number of aryl methyl sites for hydroxylation is 2. The highest BCUT2D eigenvalue weighted by Crippen LogP contribution is 2.25. The maximum Gasteiger partial charge on any atom is 0.355 e. The molecule has 0 radical (unpaired) electrons. The van der Waals surface area contributed by atoms with Gasteiger partial charge >= 0.3 is 5.97 Å². The van der Waals surface area contributed by atoms with Crippen molar-refractivity contribution < 1.29 is 19.2 Å². The first kappa shape index (κ1) is 16.2. The molecule has 0 fully saturated rings. The third-order valence-electron chi connectivity index (χ3n) is 3.11. The second-order valence-corrected chi connectivity index (χ2v) is 4.91. The fraction of sp³-hybridized carbons (Fsp3) is 0.200. The molecule has 2 aromatic rings.